The average molecular weight is 412 g/mol. The summed E-state index contributed by atoms with van der Waals surface area (Å²) in [5, 5.41) is 3.05. The van der Waals surface area contributed by atoms with Crippen LogP contribution >= 0.6 is 38.6 Å². The van der Waals surface area contributed by atoms with Crippen molar-refractivity contribution in [2.75, 3.05) is 0 Å². The van der Waals surface area contributed by atoms with E-state index in [1.165, 1.54) is 4.70 Å². The number of nitrogens with zero attached hydrogens (tertiary/aromatic N) is 3. The Morgan fingerprint density at radius 1 is 1.00 bits per heavy atom. The van der Waals surface area contributed by atoms with Crippen molar-refractivity contribution < 1.29 is 0 Å². The molecule has 3 heterocycles. The molecule has 0 aliphatic heterocycles. The van der Waals surface area contributed by atoms with Crippen LogP contribution in [0.3, 0.4) is 0 Å². The summed E-state index contributed by atoms with van der Waals surface area (Å²) in [7, 11) is 0. The summed E-state index contributed by atoms with van der Waals surface area (Å²) in [5.74, 6) is 0. The Balaban J connectivity index is 1.82. The van der Waals surface area contributed by atoms with Crippen LogP contribution in [-0.2, 0) is 0 Å². The number of rotatable bonds is 2. The minimum absolute atomic E-state index is 0.987. The highest BCUT2D eigenvalue weighted by Crippen LogP contribution is 2.38. The first-order valence-corrected chi connectivity index (χ1v) is 9.86. The predicted molar refractivity (Wildman–Crippen MR) is 105 cm³/mol. The molecule has 0 bridgehead atoms. The molecule has 5 aromatic rings. The zero-order valence-electron chi connectivity index (χ0n) is 12.3. The van der Waals surface area contributed by atoms with E-state index in [2.05, 4.69) is 50.1 Å². The zero-order chi connectivity index (χ0) is 16.1. The van der Waals surface area contributed by atoms with Gasteiger partial charge in [-0.3, -0.25) is 4.40 Å². The maximum Gasteiger partial charge on any atom is 0.194 e. The van der Waals surface area contributed by atoms with E-state index in [0.717, 1.165) is 36.9 Å². The molecule has 0 unspecified atom stereocenters. The zero-order valence-corrected chi connectivity index (χ0v) is 15.5. The highest BCUT2D eigenvalue weighted by molar-refractivity contribution is 9.10. The Bertz CT molecular complexity index is 1170. The molecule has 3 aromatic heterocycles. The molecule has 0 amide bonds. The summed E-state index contributed by atoms with van der Waals surface area (Å²) in [6.07, 6.45) is 2.07. The second-order valence-corrected chi connectivity index (χ2v) is 8.18. The molecule has 6 heteroatoms. The van der Waals surface area contributed by atoms with Crippen molar-refractivity contribution >= 4 is 53.8 Å². The van der Waals surface area contributed by atoms with Crippen molar-refractivity contribution in [1.29, 1.82) is 0 Å². The molecule has 0 saturated carbocycles. The van der Waals surface area contributed by atoms with Gasteiger partial charge in [-0.25, -0.2) is 9.97 Å². The summed E-state index contributed by atoms with van der Waals surface area (Å²) in [5.41, 5.74) is 4.18. The number of hydrogen-bond acceptors (Lipinski definition) is 4. The first-order chi connectivity index (χ1) is 11.8. The summed E-state index contributed by atoms with van der Waals surface area (Å²) >= 11 is 6.88. The smallest absolute Gasteiger partial charge is 0.194 e. The van der Waals surface area contributed by atoms with Gasteiger partial charge in [-0.2, -0.15) is 0 Å². The quantitative estimate of drug-likeness (QED) is 0.351. The van der Waals surface area contributed by atoms with Crippen LogP contribution < -0.4 is 0 Å². The predicted octanol–water partition coefficient (Wildman–Crippen LogP) is 6.10. The molecule has 116 valence electrons. The van der Waals surface area contributed by atoms with Gasteiger partial charge in [0.25, 0.3) is 0 Å². The van der Waals surface area contributed by atoms with E-state index in [-0.39, 0.29) is 0 Å². The van der Waals surface area contributed by atoms with Crippen LogP contribution in [0.5, 0.6) is 0 Å². The monoisotopic (exact) mass is 411 g/mol. The summed E-state index contributed by atoms with van der Waals surface area (Å²) < 4.78 is 4.38. The van der Waals surface area contributed by atoms with Gasteiger partial charge in [-0.15, -0.1) is 22.7 Å². The first-order valence-electron chi connectivity index (χ1n) is 7.37. The standard InChI is InChI=1S/C18H10BrN3S2/c19-12-6-7-13-14(10-12)24-17(20-13)16-15(11-4-2-1-3-5-11)21-18-22(16)8-9-23-18/h1-10H. The molecule has 24 heavy (non-hydrogen) atoms. The van der Waals surface area contributed by atoms with Crippen molar-refractivity contribution in [3.05, 3.63) is 64.6 Å². The van der Waals surface area contributed by atoms with Gasteiger partial charge in [0.2, 0.25) is 0 Å². The Hall–Kier alpha value is -2.02. The number of benzene rings is 2. The second kappa shape index (κ2) is 5.51. The summed E-state index contributed by atoms with van der Waals surface area (Å²) in [6.45, 7) is 0. The molecular formula is C18H10BrN3S2. The van der Waals surface area contributed by atoms with Crippen molar-refractivity contribution in [3.8, 4) is 22.0 Å². The first kappa shape index (κ1) is 14.3. The van der Waals surface area contributed by atoms with Gasteiger partial charge < -0.3 is 0 Å². The number of fused-ring (bicyclic) bond motifs is 2. The fourth-order valence-electron chi connectivity index (χ4n) is 2.79. The molecule has 0 radical (unpaired) electrons. The number of hydrogen-bond donors (Lipinski definition) is 0. The van der Waals surface area contributed by atoms with E-state index in [9.17, 15) is 0 Å². The van der Waals surface area contributed by atoms with Crippen LogP contribution in [0.2, 0.25) is 0 Å². The Labute approximate surface area is 154 Å². The molecule has 5 rings (SSSR count). The lowest BCUT2D eigenvalue weighted by atomic mass is 10.1. The van der Waals surface area contributed by atoms with Gasteiger partial charge >= 0.3 is 0 Å². The molecule has 2 aromatic carbocycles. The summed E-state index contributed by atoms with van der Waals surface area (Å²) in [4.78, 5) is 10.7. The SMILES string of the molecule is Brc1ccc2nc(-c3c(-c4ccccc4)nc4sccn34)sc2c1. The van der Waals surface area contributed by atoms with Gasteiger partial charge in [-0.05, 0) is 18.2 Å². The topological polar surface area (TPSA) is 30.2 Å². The lowest BCUT2D eigenvalue weighted by Gasteiger charge is -2.01. The van der Waals surface area contributed by atoms with E-state index >= 15 is 0 Å². The third kappa shape index (κ3) is 2.22. The average Bonchev–Trinajstić information content (AvgIpc) is 3.28. The van der Waals surface area contributed by atoms with Crippen molar-refractivity contribution in [1.82, 2.24) is 14.4 Å². The van der Waals surface area contributed by atoms with Crippen molar-refractivity contribution in [2.45, 2.75) is 0 Å². The summed E-state index contributed by atoms with van der Waals surface area (Å²) in [6, 6.07) is 16.5. The fraction of sp³-hybridized carbons (Fsp3) is 0. The van der Waals surface area contributed by atoms with E-state index < -0.39 is 0 Å². The molecule has 0 aliphatic rings. The Morgan fingerprint density at radius 3 is 2.75 bits per heavy atom. The van der Waals surface area contributed by atoms with E-state index in [1.807, 2.05) is 30.3 Å². The van der Waals surface area contributed by atoms with Crippen LogP contribution in [0.4, 0.5) is 0 Å². The van der Waals surface area contributed by atoms with Gasteiger partial charge in [0.1, 0.15) is 16.4 Å². The van der Waals surface area contributed by atoms with Crippen LogP contribution in [-0.4, -0.2) is 14.4 Å². The van der Waals surface area contributed by atoms with Gasteiger partial charge in [-0.1, -0.05) is 46.3 Å². The van der Waals surface area contributed by atoms with E-state index in [4.69, 9.17) is 9.97 Å². The lowest BCUT2D eigenvalue weighted by molar-refractivity contribution is 1.23. The number of halogens is 1. The molecule has 0 atom stereocenters. The number of thiazole rings is 2. The minimum Gasteiger partial charge on any atom is -0.287 e. The third-order valence-corrected chi connectivity index (χ3v) is 6.14. The van der Waals surface area contributed by atoms with Crippen LogP contribution in [0.1, 0.15) is 0 Å². The Morgan fingerprint density at radius 2 is 1.88 bits per heavy atom. The normalized spacial score (nSPS) is 11.5. The van der Waals surface area contributed by atoms with E-state index in [0.29, 0.717) is 0 Å². The lowest BCUT2D eigenvalue weighted by Crippen LogP contribution is -1.86. The van der Waals surface area contributed by atoms with Crippen molar-refractivity contribution in [2.24, 2.45) is 0 Å². The number of aromatic nitrogens is 3. The largest absolute Gasteiger partial charge is 0.287 e. The van der Waals surface area contributed by atoms with Crippen LogP contribution in [0.15, 0.2) is 64.6 Å². The van der Waals surface area contributed by atoms with Gasteiger partial charge in [0.15, 0.2) is 4.96 Å². The molecule has 0 aliphatic carbocycles. The molecule has 3 nitrogen and oxygen atoms in total. The molecule has 0 N–H and O–H groups in total. The maximum atomic E-state index is 4.85. The highest BCUT2D eigenvalue weighted by atomic mass is 79.9. The fourth-order valence-corrected chi connectivity index (χ4v) is 5.06. The minimum atomic E-state index is 0.987. The molecule has 0 spiro atoms. The second-order valence-electron chi connectivity index (χ2n) is 5.36. The van der Waals surface area contributed by atoms with E-state index in [1.54, 1.807) is 22.7 Å². The van der Waals surface area contributed by atoms with Gasteiger partial charge in [0, 0.05) is 21.6 Å². The molecular weight excluding hydrogens is 402 g/mol. The van der Waals surface area contributed by atoms with Gasteiger partial charge in [0.05, 0.1) is 10.2 Å². The molecule has 0 saturated heterocycles. The van der Waals surface area contributed by atoms with Crippen molar-refractivity contribution in [3.63, 3.8) is 0 Å². The number of imidazole rings is 1. The third-order valence-electron chi connectivity index (χ3n) is 3.86. The highest BCUT2D eigenvalue weighted by Gasteiger charge is 2.19. The van der Waals surface area contributed by atoms with Crippen LogP contribution in [0, 0.1) is 0 Å². The maximum absolute atomic E-state index is 4.85. The Kier molecular flexibility index (Phi) is 3.29. The molecule has 0 fully saturated rings. The van der Waals surface area contributed by atoms with Crippen LogP contribution in [0.25, 0.3) is 37.1 Å².